The van der Waals surface area contributed by atoms with E-state index in [1.165, 1.54) is 12.1 Å². The predicted octanol–water partition coefficient (Wildman–Crippen LogP) is 2.12. The molecule has 6 nitrogen and oxygen atoms in total. The summed E-state index contributed by atoms with van der Waals surface area (Å²) in [6.07, 6.45) is 0. The Bertz CT molecular complexity index is 418. The molecule has 0 aromatic heterocycles. The molecular weight excluding hydrogens is 206 g/mol. The first kappa shape index (κ1) is 12.4. The number of hydrogen-bond acceptors (Lipinski definition) is 3. The van der Waals surface area contributed by atoms with E-state index in [0.29, 0.717) is 0 Å². The summed E-state index contributed by atoms with van der Waals surface area (Å²) in [5.74, 6) is 0. The summed E-state index contributed by atoms with van der Waals surface area (Å²) in [5.41, 5.74) is 13.2. The second-order valence-corrected chi connectivity index (χ2v) is 3.81. The number of nitrogens with one attached hydrogen (secondary N) is 1. The largest absolute Gasteiger partial charge is 0.294 e. The van der Waals surface area contributed by atoms with Crippen LogP contribution in [0.25, 0.3) is 10.4 Å². The third-order valence-corrected chi connectivity index (χ3v) is 2.19. The van der Waals surface area contributed by atoms with Crippen molar-refractivity contribution in [2.75, 3.05) is 0 Å². The Hall–Kier alpha value is -1.56. The van der Waals surface area contributed by atoms with E-state index in [1.807, 2.05) is 6.92 Å². The third-order valence-electron chi connectivity index (χ3n) is 1.32. The van der Waals surface area contributed by atoms with Gasteiger partial charge in [0.15, 0.2) is 0 Å². The minimum absolute atomic E-state index is 0.0666. The van der Waals surface area contributed by atoms with Gasteiger partial charge in [0.05, 0.1) is 4.90 Å². The first-order valence-electron chi connectivity index (χ1n) is 3.47. The van der Waals surface area contributed by atoms with Crippen LogP contribution in [0.15, 0.2) is 29.2 Å². The SMILES string of the molecule is Cc1ccc(S(=O)(=O)O)cc1.[N-]=[N+]=N. The summed E-state index contributed by atoms with van der Waals surface area (Å²) in [7, 11) is -4.02. The van der Waals surface area contributed by atoms with E-state index in [9.17, 15) is 8.42 Å². The molecule has 0 bridgehead atoms. The van der Waals surface area contributed by atoms with Crippen LogP contribution in [0.4, 0.5) is 0 Å². The Balaban J connectivity index is 0.000000500. The predicted molar refractivity (Wildman–Crippen MR) is 50.4 cm³/mol. The van der Waals surface area contributed by atoms with Gasteiger partial charge in [0, 0.05) is 0 Å². The molecule has 0 fully saturated rings. The maximum atomic E-state index is 10.5. The number of hydrogen-bond donors (Lipinski definition) is 2. The van der Waals surface area contributed by atoms with Crippen molar-refractivity contribution < 1.29 is 13.0 Å². The van der Waals surface area contributed by atoms with E-state index in [1.54, 1.807) is 17.0 Å². The first-order valence-corrected chi connectivity index (χ1v) is 4.91. The molecule has 0 amide bonds. The van der Waals surface area contributed by atoms with Crippen LogP contribution in [-0.4, -0.2) is 13.0 Å². The average Bonchev–Trinajstić information content (AvgIpc) is 2.04. The summed E-state index contributed by atoms with van der Waals surface area (Å²) in [6.45, 7) is 1.84. The molecule has 0 saturated carbocycles. The molecule has 0 heterocycles. The van der Waals surface area contributed by atoms with E-state index in [2.05, 4.69) is 0 Å². The van der Waals surface area contributed by atoms with Gasteiger partial charge < -0.3 is 0 Å². The number of rotatable bonds is 1. The maximum absolute atomic E-state index is 10.5. The fourth-order valence-corrected chi connectivity index (χ4v) is 1.19. The van der Waals surface area contributed by atoms with Gasteiger partial charge in [-0.15, -0.1) is 5.53 Å². The molecule has 0 spiro atoms. The standard InChI is InChI=1S/C7H8O3S.HN3/c1-6-2-4-7(5-3-6)11(8,9)10;1-3-2/h2-5H,1H3,(H,8,9,10);1H. The molecule has 0 saturated heterocycles. The molecule has 0 radical (unpaired) electrons. The molecule has 0 aliphatic rings. The van der Waals surface area contributed by atoms with Gasteiger partial charge in [-0.2, -0.15) is 8.42 Å². The van der Waals surface area contributed by atoms with Crippen LogP contribution in [0, 0.1) is 12.5 Å². The van der Waals surface area contributed by atoms with E-state index in [4.69, 9.17) is 15.6 Å². The lowest BCUT2D eigenvalue weighted by atomic mass is 10.2. The van der Waals surface area contributed by atoms with E-state index < -0.39 is 10.1 Å². The molecular formula is C7H9N3O3S. The first-order chi connectivity index (χ1) is 6.41. The zero-order valence-electron chi connectivity index (χ0n) is 7.38. The van der Waals surface area contributed by atoms with Crippen LogP contribution >= 0.6 is 0 Å². The zero-order valence-corrected chi connectivity index (χ0v) is 8.19. The van der Waals surface area contributed by atoms with Crippen molar-refractivity contribution in [3.05, 3.63) is 40.3 Å². The van der Waals surface area contributed by atoms with Gasteiger partial charge in [-0.1, -0.05) is 17.7 Å². The van der Waals surface area contributed by atoms with Gasteiger partial charge in [0.1, 0.15) is 0 Å². The Kier molecular flexibility index (Phi) is 4.65. The highest BCUT2D eigenvalue weighted by Crippen LogP contribution is 2.08. The summed E-state index contributed by atoms with van der Waals surface area (Å²) in [5, 5.41) is 0. The lowest BCUT2D eigenvalue weighted by Crippen LogP contribution is -1.96. The second kappa shape index (κ2) is 5.23. The van der Waals surface area contributed by atoms with Crippen LogP contribution < -0.4 is 0 Å². The molecule has 1 aromatic carbocycles. The summed E-state index contributed by atoms with van der Waals surface area (Å²) >= 11 is 0. The molecule has 1 aromatic rings. The van der Waals surface area contributed by atoms with Crippen molar-refractivity contribution in [3.8, 4) is 0 Å². The van der Waals surface area contributed by atoms with Crippen LogP contribution in [0.3, 0.4) is 0 Å². The Labute approximate surface area is 81.4 Å². The van der Waals surface area contributed by atoms with Crippen molar-refractivity contribution in [1.82, 2.24) is 0 Å². The number of aryl methyl sites for hydroxylation is 1. The second-order valence-electron chi connectivity index (χ2n) is 2.39. The molecule has 1 rings (SSSR count). The molecule has 0 aliphatic carbocycles. The normalized spacial score (nSPS) is 9.57. The van der Waals surface area contributed by atoms with Crippen LogP contribution in [0.2, 0.25) is 0 Å². The van der Waals surface area contributed by atoms with Crippen LogP contribution in [-0.2, 0) is 10.1 Å². The van der Waals surface area contributed by atoms with Crippen LogP contribution in [0.1, 0.15) is 5.56 Å². The summed E-state index contributed by atoms with van der Waals surface area (Å²) < 4.78 is 29.6. The number of nitrogens with zero attached hydrogens (tertiary/aromatic N) is 2. The van der Waals surface area contributed by atoms with Crippen molar-refractivity contribution in [1.29, 1.82) is 5.53 Å². The van der Waals surface area contributed by atoms with Crippen molar-refractivity contribution >= 4 is 10.1 Å². The molecule has 0 unspecified atom stereocenters. The Morgan fingerprint density at radius 1 is 1.36 bits per heavy atom. The monoisotopic (exact) mass is 215 g/mol. The third kappa shape index (κ3) is 4.46. The molecule has 76 valence electrons. The highest BCUT2D eigenvalue weighted by atomic mass is 32.2. The molecule has 2 N–H and O–H groups in total. The van der Waals surface area contributed by atoms with Gasteiger partial charge in [-0.25, -0.2) is 0 Å². The lowest BCUT2D eigenvalue weighted by molar-refractivity contribution is 0.483. The van der Waals surface area contributed by atoms with Gasteiger partial charge in [-0.05, 0) is 29.5 Å². The summed E-state index contributed by atoms with van der Waals surface area (Å²) in [4.78, 5) is 1.68. The van der Waals surface area contributed by atoms with Crippen molar-refractivity contribution in [3.63, 3.8) is 0 Å². The highest BCUT2D eigenvalue weighted by molar-refractivity contribution is 7.85. The fourth-order valence-electron chi connectivity index (χ4n) is 0.710. The van der Waals surface area contributed by atoms with Gasteiger partial charge >= 0.3 is 0 Å². The van der Waals surface area contributed by atoms with Crippen molar-refractivity contribution in [2.45, 2.75) is 11.8 Å². The quantitative estimate of drug-likeness (QED) is 0.323. The fraction of sp³-hybridized carbons (Fsp3) is 0.143. The van der Waals surface area contributed by atoms with E-state index in [0.717, 1.165) is 5.56 Å². The van der Waals surface area contributed by atoms with Gasteiger partial charge in [-0.3, -0.25) is 4.55 Å². The van der Waals surface area contributed by atoms with E-state index >= 15 is 0 Å². The Morgan fingerprint density at radius 3 is 2.00 bits per heavy atom. The highest BCUT2D eigenvalue weighted by Gasteiger charge is 2.06. The molecule has 0 aliphatic heterocycles. The smallest absolute Gasteiger partial charge is 0.282 e. The molecule has 0 atom stereocenters. The average molecular weight is 215 g/mol. The minimum Gasteiger partial charge on any atom is -0.282 e. The van der Waals surface area contributed by atoms with Gasteiger partial charge in [0.2, 0.25) is 0 Å². The zero-order chi connectivity index (χ0) is 11.2. The maximum Gasteiger partial charge on any atom is 0.294 e. The summed E-state index contributed by atoms with van der Waals surface area (Å²) in [6, 6.07) is 5.99. The minimum atomic E-state index is -4.02. The van der Waals surface area contributed by atoms with Crippen LogP contribution in [0.5, 0.6) is 0 Å². The lowest BCUT2D eigenvalue weighted by Gasteiger charge is -1.95. The number of benzene rings is 1. The van der Waals surface area contributed by atoms with Gasteiger partial charge in [0.25, 0.3) is 10.1 Å². The van der Waals surface area contributed by atoms with Crippen molar-refractivity contribution in [2.24, 2.45) is 0 Å². The van der Waals surface area contributed by atoms with E-state index in [-0.39, 0.29) is 4.90 Å². The topological polar surface area (TPSA) is 115 Å². The molecule has 14 heavy (non-hydrogen) atoms. The molecule has 7 heteroatoms. The Morgan fingerprint density at radius 2 is 1.71 bits per heavy atom.